The molecular weight excluding hydrogens is 486 g/mol. The van der Waals surface area contributed by atoms with Gasteiger partial charge in [-0.3, -0.25) is 4.79 Å². The molecule has 188 valence electrons. The number of benzene rings is 3. The number of hydrogen-bond donors (Lipinski definition) is 1. The number of hydrogen-bond acceptors (Lipinski definition) is 4. The second-order valence-corrected chi connectivity index (χ2v) is 8.82. The molecule has 0 bridgehead atoms. The molecule has 0 radical (unpaired) electrons. The van der Waals surface area contributed by atoms with Crippen molar-refractivity contribution in [2.75, 3.05) is 0 Å². The number of halogens is 4. The average Bonchev–Trinajstić information content (AvgIpc) is 3.31. The van der Waals surface area contributed by atoms with Crippen molar-refractivity contribution in [3.8, 4) is 11.4 Å². The third kappa shape index (κ3) is 5.30. The van der Waals surface area contributed by atoms with E-state index in [1.807, 2.05) is 37.3 Å². The van der Waals surface area contributed by atoms with E-state index in [1.165, 1.54) is 24.3 Å². The molecule has 4 aromatic rings. The Labute approximate surface area is 209 Å². The molecule has 0 saturated carbocycles. The third-order valence-corrected chi connectivity index (χ3v) is 6.29. The van der Waals surface area contributed by atoms with Crippen molar-refractivity contribution in [2.45, 2.75) is 25.6 Å². The van der Waals surface area contributed by atoms with Gasteiger partial charge in [0.25, 0.3) is 0 Å². The number of nitrogens with one attached hydrogen (secondary N) is 1. The summed E-state index contributed by atoms with van der Waals surface area (Å²) >= 11 is 0. The minimum atomic E-state index is -4.46. The summed E-state index contributed by atoms with van der Waals surface area (Å²) in [5.74, 6) is -0.842. The fourth-order valence-electron chi connectivity index (χ4n) is 4.28. The van der Waals surface area contributed by atoms with Gasteiger partial charge in [0.05, 0.1) is 11.5 Å². The summed E-state index contributed by atoms with van der Waals surface area (Å²) in [6.07, 6.45) is -4.22. The quantitative estimate of drug-likeness (QED) is 0.294. The molecule has 5 rings (SSSR count). The highest BCUT2D eigenvalue weighted by molar-refractivity contribution is 6.06. The lowest BCUT2D eigenvalue weighted by Crippen LogP contribution is -2.32. The summed E-state index contributed by atoms with van der Waals surface area (Å²) in [6.45, 7) is 1.90. The Morgan fingerprint density at radius 3 is 2.30 bits per heavy atom. The van der Waals surface area contributed by atoms with E-state index >= 15 is 0 Å². The van der Waals surface area contributed by atoms with E-state index in [1.54, 1.807) is 12.1 Å². The van der Waals surface area contributed by atoms with Crippen LogP contribution in [0, 0.1) is 11.7 Å². The Morgan fingerprint density at radius 2 is 1.65 bits per heavy atom. The van der Waals surface area contributed by atoms with Crippen molar-refractivity contribution in [1.29, 1.82) is 0 Å². The molecule has 0 saturated heterocycles. The van der Waals surface area contributed by atoms with Gasteiger partial charge in [-0.1, -0.05) is 65.3 Å². The molecule has 1 aromatic heterocycles. The predicted octanol–water partition coefficient (Wildman–Crippen LogP) is 6.40. The lowest BCUT2D eigenvalue weighted by molar-refractivity contribution is -0.137. The first-order valence-corrected chi connectivity index (χ1v) is 11.5. The summed E-state index contributed by atoms with van der Waals surface area (Å²) in [4.78, 5) is 17.6. The van der Waals surface area contributed by atoms with E-state index < -0.39 is 29.5 Å². The fraction of sp³-hybridized carbons (Fsp3) is 0.179. The van der Waals surface area contributed by atoms with Gasteiger partial charge in [0, 0.05) is 12.0 Å². The normalized spacial score (nSPS) is 16.0. The number of rotatable bonds is 7. The molecule has 3 aromatic carbocycles. The second kappa shape index (κ2) is 9.65. The Balaban J connectivity index is 1.38. The summed E-state index contributed by atoms with van der Waals surface area (Å²) in [5, 5.41) is 6.87. The molecule has 0 spiro atoms. The minimum Gasteiger partial charge on any atom is -0.343 e. The van der Waals surface area contributed by atoms with Crippen LogP contribution in [0.25, 0.3) is 17.0 Å². The molecule has 1 aliphatic rings. The van der Waals surface area contributed by atoms with Gasteiger partial charge in [0.2, 0.25) is 17.6 Å². The summed E-state index contributed by atoms with van der Waals surface area (Å²) in [5.41, 5.74) is 3.15. The van der Waals surface area contributed by atoms with E-state index in [-0.39, 0.29) is 24.0 Å². The monoisotopic (exact) mass is 507 g/mol. The summed E-state index contributed by atoms with van der Waals surface area (Å²) < 4.78 is 57.6. The molecule has 0 fully saturated rings. The molecule has 2 unspecified atom stereocenters. The number of nitrogens with zero attached hydrogens (tertiary/aromatic N) is 2. The van der Waals surface area contributed by atoms with E-state index in [0.29, 0.717) is 5.56 Å². The van der Waals surface area contributed by atoms with E-state index in [9.17, 15) is 22.4 Å². The number of aromatic nitrogens is 2. The van der Waals surface area contributed by atoms with Gasteiger partial charge in [-0.25, -0.2) is 4.39 Å². The highest BCUT2D eigenvalue weighted by Gasteiger charge is 2.41. The Bertz CT molecular complexity index is 1440. The van der Waals surface area contributed by atoms with Crippen LogP contribution in [-0.4, -0.2) is 16.0 Å². The van der Waals surface area contributed by atoms with Crippen LogP contribution in [0.5, 0.6) is 0 Å². The lowest BCUT2D eigenvalue weighted by Gasteiger charge is -2.16. The first-order chi connectivity index (χ1) is 17.7. The van der Waals surface area contributed by atoms with Crippen LogP contribution >= 0.6 is 0 Å². The molecular formula is C28H21F4N3O2. The Kier molecular flexibility index (Phi) is 6.37. The van der Waals surface area contributed by atoms with Gasteiger partial charge in [-0.05, 0) is 47.9 Å². The Morgan fingerprint density at radius 1 is 0.973 bits per heavy atom. The smallest absolute Gasteiger partial charge is 0.343 e. The van der Waals surface area contributed by atoms with E-state index in [4.69, 9.17) is 4.52 Å². The van der Waals surface area contributed by atoms with Crippen LogP contribution in [0.4, 0.5) is 17.6 Å². The summed E-state index contributed by atoms with van der Waals surface area (Å²) in [7, 11) is 0. The molecule has 1 aliphatic carbocycles. The summed E-state index contributed by atoms with van der Waals surface area (Å²) in [6, 6.07) is 19.1. The van der Waals surface area contributed by atoms with Gasteiger partial charge < -0.3 is 9.84 Å². The first kappa shape index (κ1) is 24.4. The van der Waals surface area contributed by atoms with Crippen molar-refractivity contribution < 1.29 is 26.9 Å². The standard InChI is InChI=1S/C28H21F4N3O2/c1-16-23(18-5-3-2-4-6-18)24(16)26(36)33-22(15-17-7-13-21(29)14-8-17)27-34-25(35-37-27)19-9-11-20(12-10-19)28(30,31)32/h2-14,22,24H,15H2,1H3,(H,33,36). The van der Waals surface area contributed by atoms with E-state index in [2.05, 4.69) is 15.5 Å². The average molecular weight is 507 g/mol. The molecule has 1 amide bonds. The molecule has 1 N–H and O–H groups in total. The van der Waals surface area contributed by atoms with Crippen molar-refractivity contribution >= 4 is 11.5 Å². The van der Waals surface area contributed by atoms with Crippen LogP contribution in [0.15, 0.2) is 89.0 Å². The maximum absolute atomic E-state index is 13.4. The predicted molar refractivity (Wildman–Crippen MR) is 128 cm³/mol. The van der Waals surface area contributed by atoms with Gasteiger partial charge in [0.1, 0.15) is 11.9 Å². The van der Waals surface area contributed by atoms with Gasteiger partial charge >= 0.3 is 6.18 Å². The molecule has 0 aliphatic heterocycles. The molecule has 2 atom stereocenters. The number of carbonyl (C=O) groups is 1. The van der Waals surface area contributed by atoms with Crippen LogP contribution in [0.1, 0.15) is 35.5 Å². The Hall–Kier alpha value is -4.27. The number of amides is 1. The zero-order chi connectivity index (χ0) is 26.2. The molecule has 37 heavy (non-hydrogen) atoms. The van der Waals surface area contributed by atoms with Crippen molar-refractivity contribution in [2.24, 2.45) is 5.92 Å². The largest absolute Gasteiger partial charge is 0.416 e. The fourth-order valence-corrected chi connectivity index (χ4v) is 4.28. The highest BCUT2D eigenvalue weighted by Crippen LogP contribution is 2.47. The van der Waals surface area contributed by atoms with Crippen LogP contribution in [0.3, 0.4) is 0 Å². The van der Waals surface area contributed by atoms with Gasteiger partial charge in [-0.2, -0.15) is 18.2 Å². The SMILES string of the molecule is CC1=C(c2ccccc2)C1C(=O)NC(Cc1ccc(F)cc1)c1nc(-c2ccc(C(F)(F)F)cc2)no1. The third-order valence-electron chi connectivity index (χ3n) is 6.29. The maximum atomic E-state index is 13.4. The highest BCUT2D eigenvalue weighted by atomic mass is 19.4. The zero-order valence-corrected chi connectivity index (χ0v) is 19.6. The number of alkyl halides is 3. The van der Waals surface area contributed by atoms with Crippen LogP contribution in [0.2, 0.25) is 0 Å². The van der Waals surface area contributed by atoms with Gasteiger partial charge in [-0.15, -0.1) is 0 Å². The topological polar surface area (TPSA) is 68.0 Å². The van der Waals surface area contributed by atoms with Crippen molar-refractivity contribution in [3.05, 3.63) is 113 Å². The maximum Gasteiger partial charge on any atom is 0.416 e. The first-order valence-electron chi connectivity index (χ1n) is 11.5. The van der Waals surface area contributed by atoms with Crippen LogP contribution in [-0.2, 0) is 17.4 Å². The minimum absolute atomic E-state index is 0.0899. The molecule has 1 heterocycles. The van der Waals surface area contributed by atoms with Crippen LogP contribution < -0.4 is 5.32 Å². The second-order valence-electron chi connectivity index (χ2n) is 8.82. The lowest BCUT2D eigenvalue weighted by atomic mass is 10.0. The van der Waals surface area contributed by atoms with E-state index in [0.717, 1.165) is 34.4 Å². The van der Waals surface area contributed by atoms with Crippen molar-refractivity contribution in [1.82, 2.24) is 15.5 Å². The zero-order valence-electron chi connectivity index (χ0n) is 19.6. The van der Waals surface area contributed by atoms with Gasteiger partial charge in [0.15, 0.2) is 0 Å². The molecule has 9 heteroatoms. The van der Waals surface area contributed by atoms with Crippen molar-refractivity contribution in [3.63, 3.8) is 0 Å². The molecule has 5 nitrogen and oxygen atoms in total. The number of carbonyl (C=O) groups excluding carboxylic acids is 1.